The van der Waals surface area contributed by atoms with Crippen molar-refractivity contribution in [2.45, 2.75) is 39.7 Å². The Balaban J connectivity index is 2.57. The summed E-state index contributed by atoms with van der Waals surface area (Å²) in [6, 6.07) is 0.467. The molecule has 0 radical (unpaired) electrons. The summed E-state index contributed by atoms with van der Waals surface area (Å²) >= 11 is 0. The van der Waals surface area contributed by atoms with Crippen molar-refractivity contribution in [3.8, 4) is 0 Å². The van der Waals surface area contributed by atoms with E-state index >= 15 is 0 Å². The summed E-state index contributed by atoms with van der Waals surface area (Å²) in [5, 5.41) is 11.2. The largest absolute Gasteiger partial charge is 0.313 e. The molecule has 96 valence electrons. The number of hydrogen-bond acceptors (Lipinski definition) is 2. The highest BCUT2D eigenvalue weighted by atomic mass is 15.0. The maximum absolute atomic E-state index is 7.64. The highest BCUT2D eigenvalue weighted by Crippen LogP contribution is 2.32. The minimum atomic E-state index is 0.324. The summed E-state index contributed by atoms with van der Waals surface area (Å²) in [5.74, 6) is 0.944. The summed E-state index contributed by atoms with van der Waals surface area (Å²) in [5.41, 5.74) is 0.324. The molecule has 0 saturated carbocycles. The zero-order valence-corrected chi connectivity index (χ0v) is 11.4. The van der Waals surface area contributed by atoms with Crippen LogP contribution >= 0.6 is 0 Å². The van der Waals surface area contributed by atoms with E-state index in [1.807, 2.05) is 12.2 Å². The van der Waals surface area contributed by atoms with Crippen LogP contribution in [-0.4, -0.2) is 18.8 Å². The predicted molar refractivity (Wildman–Crippen MR) is 75.6 cm³/mol. The quantitative estimate of drug-likeness (QED) is 0.555. The fraction of sp³-hybridized carbons (Fsp3) is 0.667. The van der Waals surface area contributed by atoms with E-state index in [4.69, 9.17) is 5.41 Å². The predicted octanol–water partition coefficient (Wildman–Crippen LogP) is 3.41. The second-order valence-electron chi connectivity index (χ2n) is 6.18. The van der Waals surface area contributed by atoms with Crippen LogP contribution in [0.5, 0.6) is 0 Å². The Hall–Kier alpha value is -0.890. The molecule has 17 heavy (non-hydrogen) atoms. The van der Waals surface area contributed by atoms with E-state index in [1.165, 1.54) is 0 Å². The first-order chi connectivity index (χ1) is 7.98. The second-order valence-corrected chi connectivity index (χ2v) is 6.18. The molecule has 2 nitrogen and oxygen atoms in total. The highest BCUT2D eigenvalue weighted by Gasteiger charge is 2.35. The van der Waals surface area contributed by atoms with Crippen LogP contribution in [-0.2, 0) is 0 Å². The van der Waals surface area contributed by atoms with E-state index in [2.05, 4.69) is 38.7 Å². The smallest absolute Gasteiger partial charge is 0.0153 e. The third-order valence-corrected chi connectivity index (χ3v) is 3.39. The Labute approximate surface area is 106 Å². The van der Waals surface area contributed by atoms with Crippen LogP contribution < -0.4 is 5.32 Å². The lowest BCUT2D eigenvalue weighted by Gasteiger charge is -2.26. The van der Waals surface area contributed by atoms with Gasteiger partial charge in [-0.15, -0.1) is 0 Å². The van der Waals surface area contributed by atoms with Crippen LogP contribution in [0.15, 0.2) is 24.8 Å². The van der Waals surface area contributed by atoms with Gasteiger partial charge in [-0.25, -0.2) is 0 Å². The van der Waals surface area contributed by atoms with Crippen molar-refractivity contribution in [1.29, 1.82) is 5.41 Å². The molecular weight excluding hydrogens is 208 g/mol. The third kappa shape index (κ3) is 4.47. The summed E-state index contributed by atoms with van der Waals surface area (Å²) in [7, 11) is 0. The van der Waals surface area contributed by atoms with Crippen LogP contribution in [0.2, 0.25) is 0 Å². The third-order valence-electron chi connectivity index (χ3n) is 3.39. The van der Waals surface area contributed by atoms with E-state index in [1.54, 1.807) is 6.21 Å². The van der Waals surface area contributed by atoms with Crippen molar-refractivity contribution < 1.29 is 0 Å². The van der Waals surface area contributed by atoms with Crippen LogP contribution in [0.4, 0.5) is 0 Å². The molecule has 2 heteroatoms. The zero-order chi connectivity index (χ0) is 12.9. The molecule has 0 aromatic heterocycles. The van der Waals surface area contributed by atoms with E-state index < -0.39 is 0 Å². The van der Waals surface area contributed by atoms with Crippen molar-refractivity contribution in [1.82, 2.24) is 5.32 Å². The SMILES string of the molecule is C=CC=CCC1CNC(CC(C)(C)C)C1C=N. The van der Waals surface area contributed by atoms with Gasteiger partial charge in [0, 0.05) is 18.2 Å². The van der Waals surface area contributed by atoms with Crippen LogP contribution in [0, 0.1) is 22.7 Å². The number of rotatable bonds is 5. The van der Waals surface area contributed by atoms with Gasteiger partial charge in [0.2, 0.25) is 0 Å². The monoisotopic (exact) mass is 234 g/mol. The Morgan fingerprint density at radius 2 is 2.12 bits per heavy atom. The molecule has 0 aliphatic carbocycles. The van der Waals surface area contributed by atoms with Gasteiger partial charge in [0.1, 0.15) is 0 Å². The molecule has 0 amide bonds. The van der Waals surface area contributed by atoms with Crippen molar-refractivity contribution in [2.75, 3.05) is 6.54 Å². The molecule has 2 N–H and O–H groups in total. The standard InChI is InChI=1S/C15H26N2/c1-5-6-7-8-12-11-17-14(13(12)10-16)9-15(2,3)4/h5-7,10,12-14,16-17H,1,8-9,11H2,2-4H3. The molecule has 1 saturated heterocycles. The normalized spacial score (nSPS) is 29.7. The highest BCUT2D eigenvalue weighted by molar-refractivity contribution is 5.59. The fourth-order valence-electron chi connectivity index (χ4n) is 2.61. The molecule has 0 aromatic carbocycles. The Kier molecular flexibility index (Phi) is 5.13. The van der Waals surface area contributed by atoms with Gasteiger partial charge in [0.05, 0.1) is 0 Å². The Bertz CT molecular complexity index is 286. The average molecular weight is 234 g/mol. The molecule has 1 rings (SSSR count). The van der Waals surface area contributed by atoms with Gasteiger partial charge in [0.25, 0.3) is 0 Å². The van der Waals surface area contributed by atoms with Gasteiger partial charge in [-0.2, -0.15) is 0 Å². The zero-order valence-electron chi connectivity index (χ0n) is 11.4. The summed E-state index contributed by atoms with van der Waals surface area (Å²) in [6.45, 7) is 11.5. The lowest BCUT2D eigenvalue weighted by atomic mass is 9.80. The van der Waals surface area contributed by atoms with Gasteiger partial charge in [-0.1, -0.05) is 45.6 Å². The lowest BCUT2D eigenvalue weighted by molar-refractivity contribution is 0.303. The maximum Gasteiger partial charge on any atom is 0.0153 e. The molecule has 0 bridgehead atoms. The van der Waals surface area contributed by atoms with E-state index in [-0.39, 0.29) is 0 Å². The van der Waals surface area contributed by atoms with Gasteiger partial charge in [0.15, 0.2) is 0 Å². The van der Waals surface area contributed by atoms with Crippen LogP contribution in [0.25, 0.3) is 0 Å². The van der Waals surface area contributed by atoms with Gasteiger partial charge >= 0.3 is 0 Å². The summed E-state index contributed by atoms with van der Waals surface area (Å²) < 4.78 is 0. The molecule has 0 spiro atoms. The van der Waals surface area contributed by atoms with E-state index in [9.17, 15) is 0 Å². The first kappa shape index (κ1) is 14.2. The van der Waals surface area contributed by atoms with E-state index in [0.717, 1.165) is 19.4 Å². The van der Waals surface area contributed by atoms with Crippen LogP contribution in [0.1, 0.15) is 33.6 Å². The first-order valence-corrected chi connectivity index (χ1v) is 6.49. The summed E-state index contributed by atoms with van der Waals surface area (Å²) in [4.78, 5) is 0. The van der Waals surface area contributed by atoms with Gasteiger partial charge in [-0.05, 0) is 30.7 Å². The minimum absolute atomic E-state index is 0.324. The lowest BCUT2D eigenvalue weighted by Crippen LogP contribution is -2.32. The fourth-order valence-corrected chi connectivity index (χ4v) is 2.61. The van der Waals surface area contributed by atoms with E-state index in [0.29, 0.717) is 23.3 Å². The molecular formula is C15H26N2. The van der Waals surface area contributed by atoms with Crippen molar-refractivity contribution in [3.05, 3.63) is 24.8 Å². The minimum Gasteiger partial charge on any atom is -0.313 e. The molecule has 1 fully saturated rings. The van der Waals surface area contributed by atoms with Crippen molar-refractivity contribution in [2.24, 2.45) is 17.3 Å². The molecule has 3 atom stereocenters. The number of nitrogens with one attached hydrogen (secondary N) is 2. The Morgan fingerprint density at radius 1 is 1.41 bits per heavy atom. The second kappa shape index (κ2) is 6.15. The molecule has 1 aliphatic rings. The number of hydrogen-bond donors (Lipinski definition) is 2. The van der Waals surface area contributed by atoms with Crippen LogP contribution in [0.3, 0.4) is 0 Å². The molecule has 1 heterocycles. The topological polar surface area (TPSA) is 35.9 Å². The number of allylic oxidation sites excluding steroid dienone is 3. The summed E-state index contributed by atoms with van der Waals surface area (Å²) in [6.07, 6.45) is 9.79. The maximum atomic E-state index is 7.64. The molecule has 1 aliphatic heterocycles. The first-order valence-electron chi connectivity index (χ1n) is 6.49. The van der Waals surface area contributed by atoms with Crippen molar-refractivity contribution in [3.63, 3.8) is 0 Å². The molecule has 3 unspecified atom stereocenters. The van der Waals surface area contributed by atoms with Gasteiger partial charge < -0.3 is 10.7 Å². The van der Waals surface area contributed by atoms with Crippen molar-refractivity contribution >= 4 is 6.21 Å². The Morgan fingerprint density at radius 3 is 2.65 bits per heavy atom. The average Bonchev–Trinajstić information content (AvgIpc) is 2.58. The molecule has 0 aromatic rings. The van der Waals surface area contributed by atoms with Gasteiger partial charge in [-0.3, -0.25) is 0 Å².